The summed E-state index contributed by atoms with van der Waals surface area (Å²) in [6.07, 6.45) is 0. The number of methoxy groups -OCH3 is 1. The second-order valence-electron chi connectivity index (χ2n) is 4.41. The van der Waals surface area contributed by atoms with Gasteiger partial charge in [-0.05, 0) is 32.0 Å². The van der Waals surface area contributed by atoms with E-state index in [0.29, 0.717) is 17.1 Å². The van der Waals surface area contributed by atoms with Crippen LogP contribution in [0.1, 0.15) is 32.9 Å². The molecule has 21 heavy (non-hydrogen) atoms. The van der Waals surface area contributed by atoms with Crippen LogP contribution >= 0.6 is 0 Å². The Kier molecular flexibility index (Phi) is 4.24. The minimum atomic E-state index is -0.520. The van der Waals surface area contributed by atoms with E-state index in [0.717, 1.165) is 11.3 Å². The number of nitrogens with zero attached hydrogens (tertiary/aromatic N) is 2. The average Bonchev–Trinajstić information content (AvgIpc) is 2.82. The molecule has 1 aromatic heterocycles. The highest BCUT2D eigenvalue weighted by molar-refractivity contribution is 5.92. The quantitative estimate of drug-likeness (QED) is 0.803. The van der Waals surface area contributed by atoms with Gasteiger partial charge in [0.1, 0.15) is 23.7 Å². The lowest BCUT2D eigenvalue weighted by molar-refractivity contribution is 0.0595. The third-order valence-corrected chi connectivity index (χ3v) is 3.07. The lowest BCUT2D eigenvalue weighted by atomic mass is 10.1. The monoisotopic (exact) mass is 286 g/mol. The first-order valence-corrected chi connectivity index (χ1v) is 6.23. The van der Waals surface area contributed by atoms with Crippen molar-refractivity contribution >= 4 is 5.97 Å². The van der Waals surface area contributed by atoms with Crippen molar-refractivity contribution < 1.29 is 18.8 Å². The third-order valence-electron chi connectivity index (χ3n) is 3.07. The first-order chi connectivity index (χ1) is 10.1. The number of rotatable bonds is 4. The van der Waals surface area contributed by atoms with Crippen molar-refractivity contribution in [2.75, 3.05) is 7.11 Å². The molecule has 0 atom stereocenters. The summed E-state index contributed by atoms with van der Waals surface area (Å²) in [5.41, 5.74) is 2.21. The Hall–Kier alpha value is -2.81. The molecule has 0 radical (unpaired) electrons. The van der Waals surface area contributed by atoms with E-state index >= 15 is 0 Å². The van der Waals surface area contributed by atoms with E-state index in [9.17, 15) is 4.79 Å². The van der Waals surface area contributed by atoms with Gasteiger partial charge in [0.05, 0.1) is 30.0 Å². The number of ether oxygens (including phenoxy) is 2. The molecule has 0 saturated carbocycles. The van der Waals surface area contributed by atoms with E-state index in [1.54, 1.807) is 6.92 Å². The average molecular weight is 286 g/mol. The zero-order valence-electron chi connectivity index (χ0n) is 12.0. The van der Waals surface area contributed by atoms with Gasteiger partial charge in [0.15, 0.2) is 0 Å². The lowest BCUT2D eigenvalue weighted by Crippen LogP contribution is -2.07. The lowest BCUT2D eigenvalue weighted by Gasteiger charge is -2.10. The fourth-order valence-corrected chi connectivity index (χ4v) is 1.85. The number of aryl methyl sites for hydroxylation is 2. The van der Waals surface area contributed by atoms with Gasteiger partial charge in [0.2, 0.25) is 0 Å². The normalized spacial score (nSPS) is 10.0. The molecule has 0 N–H and O–H groups in total. The van der Waals surface area contributed by atoms with Crippen LogP contribution in [0, 0.1) is 25.2 Å². The van der Waals surface area contributed by atoms with Crippen molar-refractivity contribution in [1.82, 2.24) is 5.16 Å². The Morgan fingerprint density at radius 3 is 2.76 bits per heavy atom. The molecular weight excluding hydrogens is 272 g/mol. The van der Waals surface area contributed by atoms with E-state index in [4.69, 9.17) is 19.3 Å². The maximum Gasteiger partial charge on any atom is 0.341 e. The van der Waals surface area contributed by atoms with E-state index in [2.05, 4.69) is 5.16 Å². The van der Waals surface area contributed by atoms with Crippen molar-refractivity contribution in [2.24, 2.45) is 0 Å². The van der Waals surface area contributed by atoms with Gasteiger partial charge in [-0.3, -0.25) is 0 Å². The van der Waals surface area contributed by atoms with Gasteiger partial charge in [-0.25, -0.2) is 4.79 Å². The van der Waals surface area contributed by atoms with Gasteiger partial charge in [0, 0.05) is 0 Å². The number of benzene rings is 1. The molecule has 0 fully saturated rings. The number of esters is 1. The number of nitriles is 1. The second-order valence-corrected chi connectivity index (χ2v) is 4.41. The minimum Gasteiger partial charge on any atom is -0.488 e. The van der Waals surface area contributed by atoms with Gasteiger partial charge in [-0.2, -0.15) is 5.26 Å². The van der Waals surface area contributed by atoms with Gasteiger partial charge < -0.3 is 14.0 Å². The molecule has 0 unspecified atom stereocenters. The second kappa shape index (κ2) is 6.09. The zero-order valence-corrected chi connectivity index (χ0v) is 12.0. The summed E-state index contributed by atoms with van der Waals surface area (Å²) >= 11 is 0. The van der Waals surface area contributed by atoms with Crippen molar-refractivity contribution in [2.45, 2.75) is 20.5 Å². The summed E-state index contributed by atoms with van der Waals surface area (Å²) in [6.45, 7) is 3.79. The fraction of sp³-hybridized carbons (Fsp3) is 0.267. The molecule has 6 heteroatoms. The molecule has 0 bridgehead atoms. The molecular formula is C15H14N2O4. The predicted octanol–water partition coefficient (Wildman–Crippen LogP) is 2.53. The standard InChI is InChI=1S/C15H14N2O4/c1-9-13(10(2)21-17-9)8-20-14-6-11(7-16)4-5-12(14)15(18)19-3/h4-6H,8H2,1-3H3. The molecule has 0 aliphatic rings. The molecule has 0 saturated heterocycles. The first-order valence-electron chi connectivity index (χ1n) is 6.23. The minimum absolute atomic E-state index is 0.194. The fourth-order valence-electron chi connectivity index (χ4n) is 1.85. The Balaban J connectivity index is 2.30. The highest BCUT2D eigenvalue weighted by atomic mass is 16.5. The van der Waals surface area contributed by atoms with E-state index < -0.39 is 5.97 Å². The predicted molar refractivity (Wildman–Crippen MR) is 72.8 cm³/mol. The SMILES string of the molecule is COC(=O)c1ccc(C#N)cc1OCc1c(C)noc1C. The molecule has 2 rings (SSSR count). The van der Waals surface area contributed by atoms with E-state index in [-0.39, 0.29) is 12.2 Å². The summed E-state index contributed by atoms with van der Waals surface area (Å²) < 4.78 is 15.4. The van der Waals surface area contributed by atoms with Crippen LogP contribution in [0.5, 0.6) is 5.75 Å². The molecule has 1 heterocycles. The topological polar surface area (TPSA) is 85.4 Å². The zero-order chi connectivity index (χ0) is 15.4. The van der Waals surface area contributed by atoms with Crippen molar-refractivity contribution in [3.63, 3.8) is 0 Å². The van der Waals surface area contributed by atoms with Crippen LogP contribution in [-0.2, 0) is 11.3 Å². The largest absolute Gasteiger partial charge is 0.488 e. The smallest absolute Gasteiger partial charge is 0.341 e. The van der Waals surface area contributed by atoms with Crippen molar-refractivity contribution in [3.8, 4) is 11.8 Å². The first kappa shape index (κ1) is 14.6. The van der Waals surface area contributed by atoms with Gasteiger partial charge in [-0.15, -0.1) is 0 Å². The van der Waals surface area contributed by atoms with Gasteiger partial charge in [-0.1, -0.05) is 5.16 Å². The van der Waals surface area contributed by atoms with E-state index in [1.165, 1.54) is 25.3 Å². The van der Waals surface area contributed by atoms with Crippen LogP contribution in [0.25, 0.3) is 0 Å². The number of carbonyl (C=O) groups is 1. The highest BCUT2D eigenvalue weighted by Crippen LogP contribution is 2.23. The Morgan fingerprint density at radius 2 is 2.19 bits per heavy atom. The summed E-state index contributed by atoms with van der Waals surface area (Å²) in [6, 6.07) is 6.55. The molecule has 0 aliphatic carbocycles. The molecule has 1 aromatic carbocycles. The van der Waals surface area contributed by atoms with Gasteiger partial charge >= 0.3 is 5.97 Å². The van der Waals surface area contributed by atoms with Gasteiger partial charge in [0.25, 0.3) is 0 Å². The molecule has 0 amide bonds. The summed E-state index contributed by atoms with van der Waals surface area (Å²) in [7, 11) is 1.29. The maximum atomic E-state index is 11.7. The van der Waals surface area contributed by atoms with Crippen LogP contribution < -0.4 is 4.74 Å². The molecule has 6 nitrogen and oxygen atoms in total. The number of carbonyl (C=O) groups excluding carboxylic acids is 1. The summed E-state index contributed by atoms with van der Waals surface area (Å²) in [5, 5.41) is 12.8. The molecule has 108 valence electrons. The van der Waals surface area contributed by atoms with E-state index in [1.807, 2.05) is 13.0 Å². The van der Waals surface area contributed by atoms with Crippen LogP contribution in [0.4, 0.5) is 0 Å². The Morgan fingerprint density at radius 1 is 1.43 bits per heavy atom. The number of hydrogen-bond acceptors (Lipinski definition) is 6. The maximum absolute atomic E-state index is 11.7. The highest BCUT2D eigenvalue weighted by Gasteiger charge is 2.16. The van der Waals surface area contributed by atoms with Crippen molar-refractivity contribution in [1.29, 1.82) is 5.26 Å². The molecule has 0 spiro atoms. The number of hydrogen-bond donors (Lipinski definition) is 0. The van der Waals surface area contributed by atoms with Crippen molar-refractivity contribution in [3.05, 3.63) is 46.3 Å². The summed E-state index contributed by atoms with van der Waals surface area (Å²) in [5.74, 6) is 0.428. The van der Waals surface area contributed by atoms with Crippen LogP contribution in [0.3, 0.4) is 0 Å². The molecule has 2 aromatic rings. The molecule has 0 aliphatic heterocycles. The third kappa shape index (κ3) is 3.03. The van der Waals surface area contributed by atoms with Crippen LogP contribution in [0.2, 0.25) is 0 Å². The van der Waals surface area contributed by atoms with Crippen LogP contribution in [-0.4, -0.2) is 18.2 Å². The Labute approximate surface area is 121 Å². The Bertz CT molecular complexity index is 693. The summed E-state index contributed by atoms with van der Waals surface area (Å²) in [4.78, 5) is 11.7. The number of aromatic nitrogens is 1. The van der Waals surface area contributed by atoms with Crippen LogP contribution in [0.15, 0.2) is 22.7 Å².